The number of rotatable bonds is 2. The van der Waals surface area contributed by atoms with E-state index in [1.807, 2.05) is 42.5 Å². The van der Waals surface area contributed by atoms with Crippen LogP contribution in [0.4, 0.5) is 8.78 Å². The summed E-state index contributed by atoms with van der Waals surface area (Å²) in [7, 11) is 0. The van der Waals surface area contributed by atoms with Gasteiger partial charge in [-0.05, 0) is 16.3 Å². The second kappa shape index (κ2) is 3.75. The molecular formula is C15H15F2N. The Bertz CT molecular complexity index is 579. The second-order valence-electron chi connectivity index (χ2n) is 5.22. The first-order valence-electron chi connectivity index (χ1n) is 6.13. The summed E-state index contributed by atoms with van der Waals surface area (Å²) in [5, 5.41) is 2.12. The van der Waals surface area contributed by atoms with Crippen molar-refractivity contribution in [3.63, 3.8) is 0 Å². The molecule has 0 amide bonds. The Kier molecular flexibility index (Phi) is 2.42. The zero-order valence-corrected chi connectivity index (χ0v) is 10.00. The molecule has 0 aromatic heterocycles. The lowest BCUT2D eigenvalue weighted by Crippen LogP contribution is -2.53. The summed E-state index contributed by atoms with van der Waals surface area (Å²) in [4.78, 5) is 0. The Morgan fingerprint density at radius 3 is 2.33 bits per heavy atom. The van der Waals surface area contributed by atoms with Crippen LogP contribution in [0.5, 0.6) is 0 Å². The van der Waals surface area contributed by atoms with Crippen LogP contribution in [-0.2, 0) is 5.41 Å². The Morgan fingerprint density at radius 2 is 1.67 bits per heavy atom. The summed E-state index contributed by atoms with van der Waals surface area (Å²) in [6, 6.07) is 13.7. The molecule has 0 bridgehead atoms. The van der Waals surface area contributed by atoms with Gasteiger partial charge in [-0.25, -0.2) is 8.78 Å². The topological polar surface area (TPSA) is 26.0 Å². The molecule has 1 fully saturated rings. The van der Waals surface area contributed by atoms with Crippen molar-refractivity contribution in [3.05, 3.63) is 48.0 Å². The lowest BCUT2D eigenvalue weighted by Gasteiger charge is -2.47. The standard InChI is InChI=1S/C15H15F2N/c16-15(17)8-14(9-15,10-18)13-7-3-5-11-4-1-2-6-12(11)13/h1-7H,8-10,18H2. The molecule has 0 aliphatic heterocycles. The Balaban J connectivity index is 2.14. The SMILES string of the molecule is NCC1(c2cccc3ccccc23)CC(F)(F)C1. The Labute approximate surface area is 105 Å². The molecule has 1 nitrogen and oxygen atoms in total. The third-order valence-electron chi connectivity index (χ3n) is 3.95. The number of alkyl halides is 2. The molecule has 18 heavy (non-hydrogen) atoms. The summed E-state index contributed by atoms with van der Waals surface area (Å²) < 4.78 is 26.5. The molecule has 0 radical (unpaired) electrons. The van der Waals surface area contributed by atoms with Gasteiger partial charge >= 0.3 is 0 Å². The first kappa shape index (κ1) is 11.6. The molecule has 1 saturated carbocycles. The summed E-state index contributed by atoms with van der Waals surface area (Å²) in [6.07, 6.45) is -0.269. The minimum absolute atomic E-state index is 0.134. The van der Waals surface area contributed by atoms with Crippen LogP contribution in [0.1, 0.15) is 18.4 Å². The summed E-state index contributed by atoms with van der Waals surface area (Å²) >= 11 is 0. The zero-order chi connectivity index (χ0) is 12.8. The number of nitrogens with two attached hydrogens (primary N) is 1. The Hall–Kier alpha value is -1.48. The predicted molar refractivity (Wildman–Crippen MR) is 68.9 cm³/mol. The highest BCUT2D eigenvalue weighted by Gasteiger charge is 2.56. The molecule has 94 valence electrons. The highest BCUT2D eigenvalue weighted by molar-refractivity contribution is 5.86. The van der Waals surface area contributed by atoms with Crippen LogP contribution in [0.3, 0.4) is 0 Å². The minimum atomic E-state index is -2.56. The van der Waals surface area contributed by atoms with E-state index < -0.39 is 11.3 Å². The molecule has 2 aromatic carbocycles. The second-order valence-corrected chi connectivity index (χ2v) is 5.22. The summed E-state index contributed by atoms with van der Waals surface area (Å²) in [5.41, 5.74) is 6.20. The van der Waals surface area contributed by atoms with Gasteiger partial charge in [-0.3, -0.25) is 0 Å². The van der Waals surface area contributed by atoms with Crippen LogP contribution in [0.2, 0.25) is 0 Å². The van der Waals surface area contributed by atoms with Gasteiger partial charge in [0.1, 0.15) is 0 Å². The average molecular weight is 247 g/mol. The van der Waals surface area contributed by atoms with Gasteiger partial charge in [0.05, 0.1) is 0 Å². The van der Waals surface area contributed by atoms with Crippen LogP contribution in [-0.4, -0.2) is 12.5 Å². The van der Waals surface area contributed by atoms with E-state index in [1.165, 1.54) is 0 Å². The van der Waals surface area contributed by atoms with Crippen molar-refractivity contribution in [3.8, 4) is 0 Å². The van der Waals surface area contributed by atoms with E-state index in [2.05, 4.69) is 0 Å². The van der Waals surface area contributed by atoms with Gasteiger partial charge in [0.15, 0.2) is 0 Å². The molecule has 1 aliphatic carbocycles. The largest absolute Gasteiger partial charge is 0.330 e. The van der Waals surface area contributed by atoms with Gasteiger partial charge in [-0.2, -0.15) is 0 Å². The average Bonchev–Trinajstić information content (AvgIpc) is 2.35. The summed E-state index contributed by atoms with van der Waals surface area (Å²) in [6.45, 7) is 0.274. The number of fused-ring (bicyclic) bond motifs is 1. The molecule has 0 saturated heterocycles. The monoisotopic (exact) mass is 247 g/mol. The van der Waals surface area contributed by atoms with Gasteiger partial charge in [0.2, 0.25) is 5.92 Å². The fourth-order valence-corrected chi connectivity index (χ4v) is 3.07. The maximum Gasteiger partial charge on any atom is 0.250 e. The first-order valence-corrected chi connectivity index (χ1v) is 6.13. The molecule has 0 heterocycles. The quantitative estimate of drug-likeness (QED) is 0.864. The fourth-order valence-electron chi connectivity index (χ4n) is 3.07. The fraction of sp³-hybridized carbons (Fsp3) is 0.333. The molecule has 0 unspecified atom stereocenters. The van der Waals surface area contributed by atoms with E-state index in [4.69, 9.17) is 5.73 Å². The number of hydrogen-bond acceptors (Lipinski definition) is 1. The van der Waals surface area contributed by atoms with Gasteiger partial charge in [-0.1, -0.05) is 42.5 Å². The van der Waals surface area contributed by atoms with Crippen LogP contribution in [0, 0.1) is 0 Å². The van der Waals surface area contributed by atoms with Crippen LogP contribution in [0.25, 0.3) is 10.8 Å². The van der Waals surface area contributed by atoms with Crippen molar-refractivity contribution in [2.45, 2.75) is 24.2 Å². The van der Waals surface area contributed by atoms with E-state index in [0.29, 0.717) is 0 Å². The normalized spacial score (nSPS) is 20.6. The lowest BCUT2D eigenvalue weighted by molar-refractivity contribution is -0.123. The van der Waals surface area contributed by atoms with Crippen molar-refractivity contribution in [1.82, 2.24) is 0 Å². The van der Waals surface area contributed by atoms with Gasteiger partial charge in [0, 0.05) is 24.8 Å². The number of benzene rings is 2. The maximum atomic E-state index is 13.3. The molecule has 2 N–H and O–H groups in total. The van der Waals surface area contributed by atoms with Gasteiger partial charge in [0.25, 0.3) is 0 Å². The molecular weight excluding hydrogens is 232 g/mol. The van der Waals surface area contributed by atoms with Crippen molar-refractivity contribution >= 4 is 10.8 Å². The van der Waals surface area contributed by atoms with Crippen molar-refractivity contribution in [2.24, 2.45) is 5.73 Å². The molecule has 1 aliphatic rings. The minimum Gasteiger partial charge on any atom is -0.330 e. The molecule has 3 rings (SSSR count). The highest BCUT2D eigenvalue weighted by Crippen LogP contribution is 2.54. The summed E-state index contributed by atoms with van der Waals surface area (Å²) in [5.74, 6) is -2.56. The van der Waals surface area contributed by atoms with Gasteiger partial charge in [-0.15, -0.1) is 0 Å². The molecule has 0 atom stereocenters. The van der Waals surface area contributed by atoms with Gasteiger partial charge < -0.3 is 5.73 Å². The van der Waals surface area contributed by atoms with E-state index in [-0.39, 0.29) is 19.4 Å². The lowest BCUT2D eigenvalue weighted by atomic mass is 9.61. The third-order valence-corrected chi connectivity index (χ3v) is 3.95. The number of hydrogen-bond donors (Lipinski definition) is 1. The maximum absolute atomic E-state index is 13.3. The predicted octanol–water partition coefficient (Wildman–Crippen LogP) is 3.47. The Morgan fingerprint density at radius 1 is 1.00 bits per heavy atom. The highest BCUT2D eigenvalue weighted by atomic mass is 19.3. The van der Waals surface area contributed by atoms with Crippen LogP contribution >= 0.6 is 0 Å². The van der Waals surface area contributed by atoms with Crippen LogP contribution < -0.4 is 5.73 Å². The molecule has 3 heteroatoms. The third kappa shape index (κ3) is 1.62. The molecule has 0 spiro atoms. The number of halogens is 2. The van der Waals surface area contributed by atoms with Crippen molar-refractivity contribution in [1.29, 1.82) is 0 Å². The van der Waals surface area contributed by atoms with Crippen LogP contribution in [0.15, 0.2) is 42.5 Å². The first-order chi connectivity index (χ1) is 8.56. The molecule has 2 aromatic rings. The van der Waals surface area contributed by atoms with E-state index in [1.54, 1.807) is 0 Å². The van der Waals surface area contributed by atoms with E-state index >= 15 is 0 Å². The van der Waals surface area contributed by atoms with Crippen molar-refractivity contribution < 1.29 is 8.78 Å². The van der Waals surface area contributed by atoms with Crippen molar-refractivity contribution in [2.75, 3.05) is 6.54 Å². The zero-order valence-electron chi connectivity index (χ0n) is 10.00. The smallest absolute Gasteiger partial charge is 0.250 e. The van der Waals surface area contributed by atoms with E-state index in [0.717, 1.165) is 16.3 Å². The van der Waals surface area contributed by atoms with E-state index in [9.17, 15) is 8.78 Å².